The zero-order chi connectivity index (χ0) is 29.1. The van der Waals surface area contributed by atoms with Crippen LogP contribution in [0.5, 0.6) is 5.75 Å². The average Bonchev–Trinajstić information content (AvgIpc) is 2.96. The Hall–Kier alpha value is -4.54. The van der Waals surface area contributed by atoms with Gasteiger partial charge in [-0.05, 0) is 76.1 Å². The summed E-state index contributed by atoms with van der Waals surface area (Å²) in [5.74, 6) is -2.23. The van der Waals surface area contributed by atoms with Crippen LogP contribution in [0.15, 0.2) is 112 Å². The highest BCUT2D eigenvalue weighted by molar-refractivity contribution is 9.11. The monoisotopic (exact) mass is 674 g/mol. The van der Waals surface area contributed by atoms with E-state index >= 15 is 0 Å². The molecule has 1 fully saturated rings. The molecule has 5 rings (SSSR count). The van der Waals surface area contributed by atoms with E-state index in [0.29, 0.717) is 37.2 Å². The van der Waals surface area contributed by atoms with Gasteiger partial charge in [-0.1, -0.05) is 64.5 Å². The smallest absolute Gasteiger partial charge is 0.343 e. The van der Waals surface area contributed by atoms with E-state index in [2.05, 4.69) is 31.9 Å². The van der Waals surface area contributed by atoms with Gasteiger partial charge in [0.1, 0.15) is 17.9 Å². The fourth-order valence-electron chi connectivity index (χ4n) is 4.23. The lowest BCUT2D eigenvalue weighted by atomic mass is 10.0. The van der Waals surface area contributed by atoms with Crippen molar-refractivity contribution in [1.82, 2.24) is 0 Å². The van der Waals surface area contributed by atoms with E-state index < -0.39 is 23.8 Å². The third kappa shape index (κ3) is 5.84. The molecule has 0 bridgehead atoms. The fraction of sp³-hybridized carbons (Fsp3) is 0.0323. The minimum atomic E-state index is -1.03. The number of para-hydroxylation sites is 2. The highest BCUT2D eigenvalue weighted by Crippen LogP contribution is 2.37. The topological polar surface area (TPSA) is 104 Å². The van der Waals surface area contributed by atoms with Gasteiger partial charge < -0.3 is 9.84 Å². The number of hydrogen-bond acceptors (Lipinski definition) is 5. The number of ether oxygens (including phenoxy) is 1. The van der Waals surface area contributed by atoms with E-state index in [0.717, 1.165) is 9.80 Å². The number of rotatable bonds is 7. The van der Waals surface area contributed by atoms with E-state index in [4.69, 9.17) is 9.84 Å². The summed E-state index contributed by atoms with van der Waals surface area (Å²) in [6, 6.07) is 25.7. The highest BCUT2D eigenvalue weighted by atomic mass is 79.9. The van der Waals surface area contributed by atoms with Crippen LogP contribution in [0.4, 0.5) is 16.2 Å². The summed E-state index contributed by atoms with van der Waals surface area (Å²) >= 11 is 6.95. The number of carbonyl (C=O) groups is 4. The van der Waals surface area contributed by atoms with E-state index in [-0.39, 0.29) is 17.7 Å². The predicted octanol–water partition coefficient (Wildman–Crippen LogP) is 7.07. The second-order valence-electron chi connectivity index (χ2n) is 8.89. The second-order valence-corrected chi connectivity index (χ2v) is 10.7. The molecule has 0 aliphatic carbocycles. The van der Waals surface area contributed by atoms with Gasteiger partial charge >= 0.3 is 12.0 Å². The SMILES string of the molecule is O=C(O)c1ccc(COc2c(Br)cc(Br)cc2C=C2C(=O)N(c3ccccc3)C(=O)N(c3ccccc3)C2=O)cc1. The molecule has 0 unspecified atom stereocenters. The number of urea groups is 1. The number of benzene rings is 4. The molecular weight excluding hydrogens is 656 g/mol. The number of amides is 4. The standard InChI is InChI=1S/C31H20Br2N2O6/c32-22-15-21(27(26(33)17-22)41-18-19-11-13-20(14-12-19)30(38)39)16-25-28(36)34(23-7-3-1-4-8-23)31(40)35(29(25)37)24-9-5-2-6-10-24/h1-17H,18H2,(H,38,39). The van der Waals surface area contributed by atoms with Gasteiger partial charge in [0.25, 0.3) is 11.8 Å². The Kier molecular flexibility index (Phi) is 8.14. The molecular formula is C31H20Br2N2O6. The Bertz CT molecular complexity index is 1630. The highest BCUT2D eigenvalue weighted by Gasteiger charge is 2.43. The van der Waals surface area contributed by atoms with E-state index in [1.54, 1.807) is 84.9 Å². The fourth-order valence-corrected chi connectivity index (χ4v) is 5.61. The van der Waals surface area contributed by atoms with Crippen LogP contribution in [0.3, 0.4) is 0 Å². The number of carboxylic acid groups (broad SMARTS) is 1. The van der Waals surface area contributed by atoms with Gasteiger partial charge in [-0.3, -0.25) is 9.59 Å². The number of carbonyl (C=O) groups excluding carboxylic acids is 3. The number of nitrogens with zero attached hydrogens (tertiary/aromatic N) is 2. The van der Waals surface area contributed by atoms with Crippen molar-refractivity contribution in [3.8, 4) is 5.75 Å². The van der Waals surface area contributed by atoms with Gasteiger partial charge in [0.05, 0.1) is 21.4 Å². The molecule has 10 heteroatoms. The third-order valence-electron chi connectivity index (χ3n) is 6.20. The Labute approximate surface area is 251 Å². The minimum Gasteiger partial charge on any atom is -0.487 e. The van der Waals surface area contributed by atoms with Crippen molar-refractivity contribution in [3.05, 3.63) is 128 Å². The first-order valence-corrected chi connectivity index (χ1v) is 13.8. The maximum Gasteiger partial charge on any atom is 0.343 e. The molecule has 4 aromatic rings. The molecule has 0 saturated carbocycles. The largest absolute Gasteiger partial charge is 0.487 e. The summed E-state index contributed by atoms with van der Waals surface area (Å²) in [4.78, 5) is 54.2. The summed E-state index contributed by atoms with van der Waals surface area (Å²) in [5.41, 5.74) is 1.67. The van der Waals surface area contributed by atoms with Crippen LogP contribution in [0, 0.1) is 0 Å². The summed E-state index contributed by atoms with van der Waals surface area (Å²) in [7, 11) is 0. The molecule has 0 aromatic heterocycles. The van der Waals surface area contributed by atoms with Crippen molar-refractivity contribution < 1.29 is 29.0 Å². The number of anilines is 2. The number of barbiturate groups is 1. The molecule has 8 nitrogen and oxygen atoms in total. The number of carboxylic acids is 1. The molecule has 41 heavy (non-hydrogen) atoms. The first-order chi connectivity index (χ1) is 19.7. The predicted molar refractivity (Wildman–Crippen MR) is 161 cm³/mol. The number of aromatic carboxylic acids is 1. The molecule has 4 aromatic carbocycles. The summed E-state index contributed by atoms with van der Waals surface area (Å²) in [6.45, 7) is 0.0863. The number of hydrogen-bond donors (Lipinski definition) is 1. The summed E-state index contributed by atoms with van der Waals surface area (Å²) in [6.07, 6.45) is 1.40. The Balaban J connectivity index is 1.57. The number of imide groups is 2. The lowest BCUT2D eigenvalue weighted by Gasteiger charge is -2.34. The molecule has 0 radical (unpaired) electrons. The van der Waals surface area contributed by atoms with Gasteiger partial charge in [0.2, 0.25) is 0 Å². The van der Waals surface area contributed by atoms with Crippen molar-refractivity contribution in [2.45, 2.75) is 6.61 Å². The third-order valence-corrected chi connectivity index (χ3v) is 7.25. The van der Waals surface area contributed by atoms with E-state index in [9.17, 15) is 19.2 Å². The lowest BCUT2D eigenvalue weighted by molar-refractivity contribution is -0.121. The second kappa shape index (κ2) is 11.9. The molecule has 0 atom stereocenters. The van der Waals surface area contributed by atoms with Crippen LogP contribution in [0.25, 0.3) is 6.08 Å². The molecule has 0 spiro atoms. The molecule has 1 saturated heterocycles. The quantitative estimate of drug-likeness (QED) is 0.166. The Morgan fingerprint density at radius 3 is 1.83 bits per heavy atom. The average molecular weight is 676 g/mol. The van der Waals surface area contributed by atoms with Crippen molar-refractivity contribution in [3.63, 3.8) is 0 Å². The molecule has 204 valence electrons. The van der Waals surface area contributed by atoms with Crippen molar-refractivity contribution in [1.29, 1.82) is 0 Å². The molecule has 1 aliphatic heterocycles. The maximum atomic E-state index is 13.8. The van der Waals surface area contributed by atoms with Crippen molar-refractivity contribution >= 4 is 73.1 Å². The summed E-state index contributed by atoms with van der Waals surface area (Å²) < 4.78 is 7.29. The van der Waals surface area contributed by atoms with Crippen molar-refractivity contribution in [2.24, 2.45) is 0 Å². The molecule has 4 amide bonds. The van der Waals surface area contributed by atoms with Crippen LogP contribution >= 0.6 is 31.9 Å². The Morgan fingerprint density at radius 1 is 0.780 bits per heavy atom. The van der Waals surface area contributed by atoms with Gasteiger partial charge in [0.15, 0.2) is 0 Å². The minimum absolute atomic E-state index is 0.0863. The van der Waals surface area contributed by atoms with Crippen LogP contribution < -0.4 is 14.5 Å². The van der Waals surface area contributed by atoms with Crippen LogP contribution in [-0.2, 0) is 16.2 Å². The first-order valence-electron chi connectivity index (χ1n) is 12.2. The van der Waals surface area contributed by atoms with Crippen LogP contribution in [-0.4, -0.2) is 28.9 Å². The Morgan fingerprint density at radius 2 is 1.32 bits per heavy atom. The van der Waals surface area contributed by atoms with Gasteiger partial charge in [-0.25, -0.2) is 19.4 Å². The normalized spacial score (nSPS) is 13.4. The van der Waals surface area contributed by atoms with Crippen LogP contribution in [0.2, 0.25) is 0 Å². The van der Waals surface area contributed by atoms with Gasteiger partial charge in [-0.15, -0.1) is 0 Å². The maximum absolute atomic E-state index is 13.8. The van der Waals surface area contributed by atoms with Gasteiger partial charge in [0, 0.05) is 10.0 Å². The zero-order valence-corrected chi connectivity index (χ0v) is 24.3. The molecule has 1 aliphatic rings. The first kappa shape index (κ1) is 28.0. The van der Waals surface area contributed by atoms with Gasteiger partial charge in [-0.2, -0.15) is 0 Å². The lowest BCUT2D eigenvalue weighted by Crippen LogP contribution is -2.57. The zero-order valence-electron chi connectivity index (χ0n) is 21.2. The molecule has 1 N–H and O–H groups in total. The number of halogens is 2. The van der Waals surface area contributed by atoms with Crippen molar-refractivity contribution in [2.75, 3.05) is 9.80 Å². The summed E-state index contributed by atoms with van der Waals surface area (Å²) in [5, 5.41) is 9.15. The van der Waals surface area contributed by atoms with E-state index in [1.165, 1.54) is 18.2 Å². The van der Waals surface area contributed by atoms with Crippen LogP contribution in [0.1, 0.15) is 21.5 Å². The molecule has 1 heterocycles. The van der Waals surface area contributed by atoms with E-state index in [1.807, 2.05) is 0 Å².